The predicted octanol–water partition coefficient (Wildman–Crippen LogP) is 4.78. The molecule has 1 fully saturated rings. The number of oxime groups is 1. The molecule has 130 valence electrons. The van der Waals surface area contributed by atoms with E-state index < -0.39 is 0 Å². The zero-order valence-corrected chi connectivity index (χ0v) is 14.7. The molecule has 3 aromatic rings. The summed E-state index contributed by atoms with van der Waals surface area (Å²) in [5, 5.41) is 7.09. The minimum Gasteiger partial charge on any atom is -0.375 e. The Morgan fingerprint density at radius 3 is 2.38 bits per heavy atom. The maximum Gasteiger partial charge on any atom is 0.193 e. The van der Waals surface area contributed by atoms with Crippen LogP contribution in [0, 0.1) is 0 Å². The van der Waals surface area contributed by atoms with Crippen LogP contribution in [0.15, 0.2) is 78.0 Å². The largest absolute Gasteiger partial charge is 0.375 e. The van der Waals surface area contributed by atoms with Gasteiger partial charge in [-0.3, -0.25) is 4.90 Å². The van der Waals surface area contributed by atoms with Crippen molar-refractivity contribution in [1.29, 1.82) is 0 Å². The van der Waals surface area contributed by atoms with Gasteiger partial charge in [0.15, 0.2) is 6.23 Å². The Labute approximate surface area is 153 Å². The smallest absolute Gasteiger partial charge is 0.193 e. The zero-order valence-electron chi connectivity index (χ0n) is 14.7. The van der Waals surface area contributed by atoms with Crippen molar-refractivity contribution >= 4 is 16.5 Å². The van der Waals surface area contributed by atoms with Crippen molar-refractivity contribution in [2.45, 2.75) is 25.0 Å². The van der Waals surface area contributed by atoms with E-state index in [4.69, 9.17) is 4.84 Å². The maximum absolute atomic E-state index is 6.03. The summed E-state index contributed by atoms with van der Waals surface area (Å²) < 4.78 is 0. The quantitative estimate of drug-likeness (QED) is 0.684. The van der Waals surface area contributed by atoms with E-state index >= 15 is 0 Å². The molecule has 1 saturated heterocycles. The van der Waals surface area contributed by atoms with Gasteiger partial charge >= 0.3 is 0 Å². The van der Waals surface area contributed by atoms with Gasteiger partial charge in [0.25, 0.3) is 0 Å². The molecule has 2 aliphatic heterocycles. The van der Waals surface area contributed by atoms with E-state index in [9.17, 15) is 0 Å². The Morgan fingerprint density at radius 2 is 1.54 bits per heavy atom. The summed E-state index contributed by atoms with van der Waals surface area (Å²) in [4.78, 5) is 8.48. The maximum atomic E-state index is 6.03. The monoisotopic (exact) mass is 342 g/mol. The first-order chi connectivity index (χ1) is 12.9. The van der Waals surface area contributed by atoms with E-state index in [0.717, 1.165) is 18.8 Å². The SMILES string of the molecule is c1ccc([C@H]2C(c3cccc4ccccc34)=NO[C@@H]2N2CCCC2)cc1. The summed E-state index contributed by atoms with van der Waals surface area (Å²) in [5.74, 6) is 0.139. The number of hydrogen-bond donors (Lipinski definition) is 0. The Bertz CT molecular complexity index is 939. The van der Waals surface area contributed by atoms with Crippen molar-refractivity contribution in [3.8, 4) is 0 Å². The second-order valence-electron chi connectivity index (χ2n) is 7.13. The molecule has 5 rings (SSSR count). The lowest BCUT2D eigenvalue weighted by Gasteiger charge is -2.27. The predicted molar refractivity (Wildman–Crippen MR) is 105 cm³/mol. The second kappa shape index (κ2) is 6.58. The first-order valence-electron chi connectivity index (χ1n) is 9.43. The first-order valence-corrected chi connectivity index (χ1v) is 9.43. The highest BCUT2D eigenvalue weighted by Crippen LogP contribution is 2.37. The average Bonchev–Trinajstić information content (AvgIpc) is 3.38. The highest BCUT2D eigenvalue weighted by Gasteiger charge is 2.41. The van der Waals surface area contributed by atoms with Crippen molar-refractivity contribution in [2.24, 2.45) is 5.16 Å². The van der Waals surface area contributed by atoms with Crippen LogP contribution in [0.25, 0.3) is 10.8 Å². The van der Waals surface area contributed by atoms with Crippen LogP contribution >= 0.6 is 0 Å². The van der Waals surface area contributed by atoms with Gasteiger partial charge in [0, 0.05) is 18.7 Å². The third-order valence-electron chi connectivity index (χ3n) is 5.56. The van der Waals surface area contributed by atoms with Crippen molar-refractivity contribution in [3.05, 3.63) is 83.9 Å². The molecule has 0 bridgehead atoms. The summed E-state index contributed by atoms with van der Waals surface area (Å²) in [6.07, 6.45) is 2.48. The van der Waals surface area contributed by atoms with Gasteiger partial charge in [0.05, 0.1) is 5.92 Å². The molecule has 0 spiro atoms. The first kappa shape index (κ1) is 15.6. The fraction of sp³-hybridized carbons (Fsp3) is 0.261. The molecule has 3 aromatic carbocycles. The lowest BCUT2D eigenvalue weighted by atomic mass is 9.86. The van der Waals surface area contributed by atoms with Crippen LogP contribution < -0.4 is 0 Å². The molecule has 0 saturated carbocycles. The number of fused-ring (bicyclic) bond motifs is 1. The number of hydrogen-bond acceptors (Lipinski definition) is 3. The van der Waals surface area contributed by atoms with Gasteiger partial charge in [-0.25, -0.2) is 0 Å². The molecule has 0 radical (unpaired) electrons. The summed E-state index contributed by atoms with van der Waals surface area (Å²) >= 11 is 0. The molecule has 3 heteroatoms. The molecular weight excluding hydrogens is 320 g/mol. The number of rotatable bonds is 3. The molecule has 0 N–H and O–H groups in total. The molecule has 0 aliphatic carbocycles. The Hall–Kier alpha value is -2.65. The van der Waals surface area contributed by atoms with E-state index in [-0.39, 0.29) is 12.1 Å². The lowest BCUT2D eigenvalue weighted by Crippen LogP contribution is -2.38. The number of likely N-dealkylation sites (tertiary alicyclic amines) is 1. The fourth-order valence-corrected chi connectivity index (χ4v) is 4.29. The van der Waals surface area contributed by atoms with Gasteiger partial charge in [-0.1, -0.05) is 78.0 Å². The van der Waals surface area contributed by atoms with Crippen molar-refractivity contribution < 1.29 is 4.84 Å². The van der Waals surface area contributed by atoms with E-state index in [1.165, 1.54) is 34.7 Å². The lowest BCUT2D eigenvalue weighted by molar-refractivity contribution is -0.0340. The van der Waals surface area contributed by atoms with E-state index in [0.29, 0.717) is 0 Å². The summed E-state index contributed by atoms with van der Waals surface area (Å²) in [7, 11) is 0. The van der Waals surface area contributed by atoms with Crippen LogP contribution in [-0.2, 0) is 4.84 Å². The zero-order chi connectivity index (χ0) is 17.3. The van der Waals surface area contributed by atoms with Crippen molar-refractivity contribution in [1.82, 2.24) is 4.90 Å². The van der Waals surface area contributed by atoms with Gasteiger partial charge in [-0.2, -0.15) is 0 Å². The summed E-state index contributed by atoms with van der Waals surface area (Å²) in [6, 6.07) is 25.6. The highest BCUT2D eigenvalue weighted by molar-refractivity contribution is 6.14. The van der Waals surface area contributed by atoms with Gasteiger partial charge in [0.1, 0.15) is 5.71 Å². The molecule has 0 unspecified atom stereocenters. The molecule has 2 heterocycles. The van der Waals surface area contributed by atoms with Crippen LogP contribution in [0.1, 0.15) is 29.9 Å². The van der Waals surface area contributed by atoms with E-state index in [2.05, 4.69) is 82.9 Å². The van der Waals surface area contributed by atoms with Gasteiger partial charge < -0.3 is 4.84 Å². The Morgan fingerprint density at radius 1 is 0.808 bits per heavy atom. The van der Waals surface area contributed by atoms with Crippen LogP contribution in [-0.4, -0.2) is 29.9 Å². The minimum atomic E-state index is -0.00568. The molecular formula is C23H22N2O. The van der Waals surface area contributed by atoms with Crippen molar-refractivity contribution in [2.75, 3.05) is 13.1 Å². The van der Waals surface area contributed by atoms with Gasteiger partial charge in [-0.15, -0.1) is 0 Å². The molecule has 2 aliphatic rings. The van der Waals surface area contributed by atoms with Crippen LogP contribution in [0.3, 0.4) is 0 Å². The van der Waals surface area contributed by atoms with Gasteiger partial charge in [-0.05, 0) is 29.2 Å². The molecule has 3 nitrogen and oxygen atoms in total. The number of nitrogens with zero attached hydrogens (tertiary/aromatic N) is 2. The van der Waals surface area contributed by atoms with Crippen LogP contribution in [0.4, 0.5) is 0 Å². The molecule has 0 aromatic heterocycles. The number of benzene rings is 3. The average molecular weight is 342 g/mol. The molecule has 26 heavy (non-hydrogen) atoms. The topological polar surface area (TPSA) is 24.8 Å². The van der Waals surface area contributed by atoms with Crippen LogP contribution in [0.5, 0.6) is 0 Å². The highest BCUT2D eigenvalue weighted by atomic mass is 16.7. The van der Waals surface area contributed by atoms with E-state index in [1.807, 2.05) is 0 Å². The normalized spacial score (nSPS) is 23.2. The summed E-state index contributed by atoms with van der Waals surface area (Å²) in [5.41, 5.74) is 3.50. The standard InChI is InChI=1S/C23H22N2O/c1-2-10-18(11-3-1)21-22(24-26-23(21)25-15-6-7-16-25)20-14-8-12-17-9-4-5-13-19(17)20/h1-5,8-14,21,23H,6-7,15-16H2/t21-,23-/m0/s1. The van der Waals surface area contributed by atoms with Gasteiger partial charge in [0.2, 0.25) is 0 Å². The minimum absolute atomic E-state index is 0.00568. The molecule has 0 amide bonds. The van der Waals surface area contributed by atoms with Crippen LogP contribution in [0.2, 0.25) is 0 Å². The second-order valence-corrected chi connectivity index (χ2v) is 7.13. The molecule has 2 atom stereocenters. The van der Waals surface area contributed by atoms with E-state index in [1.54, 1.807) is 0 Å². The Balaban J connectivity index is 1.62. The summed E-state index contributed by atoms with van der Waals surface area (Å²) in [6.45, 7) is 2.18. The Kier molecular flexibility index (Phi) is 3.95. The third-order valence-corrected chi connectivity index (χ3v) is 5.56. The third kappa shape index (κ3) is 2.60. The fourth-order valence-electron chi connectivity index (χ4n) is 4.29. The van der Waals surface area contributed by atoms with Crippen molar-refractivity contribution in [3.63, 3.8) is 0 Å².